The van der Waals surface area contributed by atoms with Crippen LogP contribution in [0.1, 0.15) is 28.2 Å². The number of carbonyl (C=O) groups is 1. The largest absolute Gasteiger partial charge is 0.336 e. The molecule has 2 aromatic carbocycles. The maximum Gasteiger partial charge on any atom is 0.274 e. The van der Waals surface area contributed by atoms with Crippen molar-refractivity contribution in [2.75, 3.05) is 27.2 Å². The number of aromatic nitrogens is 4. The van der Waals surface area contributed by atoms with Gasteiger partial charge in [0.2, 0.25) is 0 Å². The Morgan fingerprint density at radius 1 is 1.19 bits per heavy atom. The molecule has 0 spiro atoms. The van der Waals surface area contributed by atoms with Gasteiger partial charge in [-0.3, -0.25) is 14.0 Å². The highest BCUT2D eigenvalue weighted by atomic mass is 19.1. The summed E-state index contributed by atoms with van der Waals surface area (Å²) in [5.41, 5.74) is 1.67. The molecule has 184 valence electrons. The van der Waals surface area contributed by atoms with E-state index in [2.05, 4.69) is 15.0 Å². The molecule has 1 atom stereocenters. The van der Waals surface area contributed by atoms with Crippen molar-refractivity contribution in [1.82, 2.24) is 29.1 Å². The number of likely N-dealkylation sites (N-methyl/N-ethyl adjacent to an activating group) is 1. The SMILES string of the molecule is Cc1c(C(=O)N2CC[C@H](N(C)C)C2)nc(-c2ccc(C#N)c(F)c2)n1-c1cc(F)c2nn(C)cc2c1. The number of rotatable bonds is 4. The van der Waals surface area contributed by atoms with Crippen molar-refractivity contribution in [3.8, 4) is 23.1 Å². The molecular formula is C26H25F2N7O. The third-order valence-electron chi connectivity index (χ3n) is 6.76. The van der Waals surface area contributed by atoms with E-state index < -0.39 is 11.6 Å². The maximum absolute atomic E-state index is 15.0. The zero-order valence-corrected chi connectivity index (χ0v) is 20.5. The predicted molar refractivity (Wildman–Crippen MR) is 131 cm³/mol. The van der Waals surface area contributed by atoms with Crippen LogP contribution in [-0.2, 0) is 7.05 Å². The molecule has 1 aliphatic rings. The monoisotopic (exact) mass is 489 g/mol. The van der Waals surface area contributed by atoms with Gasteiger partial charge in [-0.15, -0.1) is 0 Å². The van der Waals surface area contributed by atoms with E-state index in [1.807, 2.05) is 20.2 Å². The van der Waals surface area contributed by atoms with E-state index in [1.54, 1.807) is 41.8 Å². The third kappa shape index (κ3) is 3.91. The van der Waals surface area contributed by atoms with E-state index in [9.17, 15) is 9.18 Å². The highest BCUT2D eigenvalue weighted by Gasteiger charge is 2.32. The number of imidazole rings is 1. The molecule has 0 unspecified atom stereocenters. The Bertz CT molecular complexity index is 1550. The van der Waals surface area contributed by atoms with Crippen molar-refractivity contribution in [2.24, 2.45) is 7.05 Å². The summed E-state index contributed by atoms with van der Waals surface area (Å²) < 4.78 is 32.8. The number of amides is 1. The minimum Gasteiger partial charge on any atom is -0.336 e. The van der Waals surface area contributed by atoms with Gasteiger partial charge in [0.25, 0.3) is 5.91 Å². The summed E-state index contributed by atoms with van der Waals surface area (Å²) in [5, 5.41) is 13.9. The molecule has 2 aromatic heterocycles. The summed E-state index contributed by atoms with van der Waals surface area (Å²) in [6.45, 7) is 2.93. The second-order valence-corrected chi connectivity index (χ2v) is 9.34. The molecule has 5 rings (SSSR count). The lowest BCUT2D eigenvalue weighted by atomic mass is 10.1. The molecule has 1 amide bonds. The van der Waals surface area contributed by atoms with Gasteiger partial charge in [-0.2, -0.15) is 10.4 Å². The molecule has 0 N–H and O–H groups in total. The Kier molecular flexibility index (Phi) is 5.80. The van der Waals surface area contributed by atoms with Crippen LogP contribution in [0.25, 0.3) is 28.0 Å². The number of fused-ring (bicyclic) bond motifs is 1. The van der Waals surface area contributed by atoms with E-state index in [4.69, 9.17) is 5.26 Å². The van der Waals surface area contributed by atoms with Crippen LogP contribution >= 0.6 is 0 Å². The van der Waals surface area contributed by atoms with E-state index in [1.165, 1.54) is 22.9 Å². The number of carbonyl (C=O) groups excluding carboxylic acids is 1. The molecule has 8 nitrogen and oxygen atoms in total. The summed E-state index contributed by atoms with van der Waals surface area (Å²) in [6.07, 6.45) is 2.56. The first kappa shape index (κ1) is 23.6. The fourth-order valence-electron chi connectivity index (χ4n) is 4.78. The van der Waals surface area contributed by atoms with E-state index in [0.717, 1.165) is 6.42 Å². The van der Waals surface area contributed by atoms with Crippen molar-refractivity contribution in [3.63, 3.8) is 0 Å². The second-order valence-electron chi connectivity index (χ2n) is 9.34. The molecule has 1 fully saturated rings. The van der Waals surface area contributed by atoms with Crippen LogP contribution in [0.15, 0.2) is 36.5 Å². The first-order valence-corrected chi connectivity index (χ1v) is 11.6. The number of hydrogen-bond donors (Lipinski definition) is 0. The summed E-state index contributed by atoms with van der Waals surface area (Å²) in [5.74, 6) is -1.16. The Morgan fingerprint density at radius 2 is 1.97 bits per heavy atom. The Morgan fingerprint density at radius 3 is 2.64 bits per heavy atom. The van der Waals surface area contributed by atoms with Gasteiger partial charge in [0.15, 0.2) is 5.82 Å². The third-order valence-corrected chi connectivity index (χ3v) is 6.76. The first-order chi connectivity index (χ1) is 17.2. The van der Waals surface area contributed by atoms with Crippen LogP contribution in [0.5, 0.6) is 0 Å². The minimum atomic E-state index is -0.697. The maximum atomic E-state index is 15.0. The average molecular weight is 490 g/mol. The van der Waals surface area contributed by atoms with Crippen LogP contribution in [0.2, 0.25) is 0 Å². The molecule has 10 heteroatoms. The average Bonchev–Trinajstić information content (AvgIpc) is 3.55. The number of likely N-dealkylation sites (tertiary alicyclic amines) is 1. The van der Waals surface area contributed by atoms with E-state index >= 15 is 4.39 Å². The Labute approximate surface area is 207 Å². The van der Waals surface area contributed by atoms with Gasteiger partial charge in [0.05, 0.1) is 16.9 Å². The van der Waals surface area contributed by atoms with Gasteiger partial charge in [0.1, 0.15) is 28.9 Å². The van der Waals surface area contributed by atoms with Crippen molar-refractivity contribution >= 4 is 16.8 Å². The summed E-state index contributed by atoms with van der Waals surface area (Å²) in [4.78, 5) is 22.0. The molecule has 36 heavy (non-hydrogen) atoms. The summed E-state index contributed by atoms with van der Waals surface area (Å²) >= 11 is 0. The van der Waals surface area contributed by atoms with Gasteiger partial charge in [0, 0.05) is 49.4 Å². The van der Waals surface area contributed by atoms with Crippen molar-refractivity contribution in [1.29, 1.82) is 5.26 Å². The first-order valence-electron chi connectivity index (χ1n) is 11.6. The van der Waals surface area contributed by atoms with Crippen molar-refractivity contribution in [3.05, 3.63) is 65.1 Å². The quantitative estimate of drug-likeness (QED) is 0.437. The van der Waals surface area contributed by atoms with Gasteiger partial charge >= 0.3 is 0 Å². The molecule has 1 saturated heterocycles. The lowest BCUT2D eigenvalue weighted by Crippen LogP contribution is -2.34. The lowest BCUT2D eigenvalue weighted by molar-refractivity contribution is 0.0777. The minimum absolute atomic E-state index is 0.0977. The predicted octanol–water partition coefficient (Wildman–Crippen LogP) is 3.66. The topological polar surface area (TPSA) is 83.0 Å². The molecule has 3 heterocycles. The zero-order valence-electron chi connectivity index (χ0n) is 20.5. The van der Waals surface area contributed by atoms with Crippen LogP contribution in [-0.4, -0.2) is 68.3 Å². The van der Waals surface area contributed by atoms with E-state index in [-0.39, 0.29) is 34.5 Å². The number of nitrogens with zero attached hydrogens (tertiary/aromatic N) is 7. The highest BCUT2D eigenvalue weighted by Crippen LogP contribution is 2.31. The normalized spacial score (nSPS) is 15.7. The summed E-state index contributed by atoms with van der Waals surface area (Å²) in [7, 11) is 5.68. The van der Waals surface area contributed by atoms with Gasteiger partial charge < -0.3 is 9.80 Å². The van der Waals surface area contributed by atoms with Crippen LogP contribution in [0.3, 0.4) is 0 Å². The van der Waals surface area contributed by atoms with Crippen LogP contribution in [0, 0.1) is 29.9 Å². The molecule has 0 aliphatic carbocycles. The fraction of sp³-hybridized carbons (Fsp3) is 0.308. The van der Waals surface area contributed by atoms with Gasteiger partial charge in [-0.05, 0) is 51.7 Å². The molecule has 0 bridgehead atoms. The number of halogens is 2. The number of hydrogen-bond acceptors (Lipinski definition) is 5. The van der Waals surface area contributed by atoms with Gasteiger partial charge in [-0.1, -0.05) is 0 Å². The fourth-order valence-corrected chi connectivity index (χ4v) is 4.78. The molecule has 1 aliphatic heterocycles. The molecular weight excluding hydrogens is 464 g/mol. The molecule has 0 radical (unpaired) electrons. The second kappa shape index (κ2) is 8.84. The zero-order chi connectivity index (χ0) is 25.7. The Hall–Kier alpha value is -4.10. The smallest absolute Gasteiger partial charge is 0.274 e. The number of nitriles is 1. The van der Waals surface area contributed by atoms with Gasteiger partial charge in [-0.25, -0.2) is 13.8 Å². The van der Waals surface area contributed by atoms with Crippen molar-refractivity contribution < 1.29 is 13.6 Å². The van der Waals surface area contributed by atoms with Crippen LogP contribution < -0.4 is 0 Å². The number of benzene rings is 2. The van der Waals surface area contributed by atoms with Crippen molar-refractivity contribution in [2.45, 2.75) is 19.4 Å². The molecule has 0 saturated carbocycles. The van der Waals surface area contributed by atoms with Crippen LogP contribution in [0.4, 0.5) is 8.78 Å². The standard InChI is InChI=1S/C26H25F2N7O/c1-15-23(26(36)34-8-7-19(14-34)32(2)3)30-25(16-5-6-17(12-29)21(27)10-16)35(15)20-9-18-13-33(4)31-24(18)22(28)11-20/h5-6,9-11,13,19H,7-8,14H2,1-4H3/t19-/m0/s1. The number of aryl methyl sites for hydroxylation is 1. The highest BCUT2D eigenvalue weighted by molar-refractivity contribution is 5.95. The molecule has 4 aromatic rings. The Balaban J connectivity index is 1.68. The van der Waals surface area contributed by atoms with E-state index in [0.29, 0.717) is 35.4 Å². The lowest BCUT2D eigenvalue weighted by Gasteiger charge is -2.20. The summed E-state index contributed by atoms with van der Waals surface area (Å²) in [6, 6.07) is 9.31.